The van der Waals surface area contributed by atoms with E-state index in [4.69, 9.17) is 39.8 Å². The van der Waals surface area contributed by atoms with Crippen LogP contribution >= 0.6 is 34.8 Å². The molecule has 184 valence electrons. The standard InChI is InChI=1S/C27H22Cl3N3O3/c1-4-11-33-26-21(25(31-15(3)35)23(14(2)34)27(33)36)13-20(16-5-7-17(28)8-6-16)24(32-26)19-10-9-18(29)12-22(19)30/h5-10,12-13H,4,11H2,1-3H3,(H,31,35). The Hall–Kier alpha value is -3.19. The van der Waals surface area contributed by atoms with Crippen molar-refractivity contribution in [3.63, 3.8) is 0 Å². The first-order valence-electron chi connectivity index (χ1n) is 11.2. The molecule has 0 saturated carbocycles. The van der Waals surface area contributed by atoms with E-state index < -0.39 is 17.2 Å². The van der Waals surface area contributed by atoms with Gasteiger partial charge in [-0.2, -0.15) is 0 Å². The third kappa shape index (κ3) is 4.89. The van der Waals surface area contributed by atoms with Gasteiger partial charge in [0, 0.05) is 40.0 Å². The van der Waals surface area contributed by atoms with Crippen LogP contribution in [0, 0.1) is 0 Å². The molecule has 4 rings (SSSR count). The number of amides is 1. The number of aryl methyl sites for hydroxylation is 1. The Morgan fingerprint density at radius 2 is 1.61 bits per heavy atom. The van der Waals surface area contributed by atoms with Gasteiger partial charge in [-0.1, -0.05) is 53.9 Å². The maximum atomic E-state index is 13.5. The minimum atomic E-state index is -0.513. The molecule has 0 unspecified atom stereocenters. The normalized spacial score (nSPS) is 11.1. The van der Waals surface area contributed by atoms with Gasteiger partial charge >= 0.3 is 0 Å². The minimum Gasteiger partial charge on any atom is -0.325 e. The monoisotopic (exact) mass is 541 g/mol. The Morgan fingerprint density at radius 1 is 0.944 bits per heavy atom. The number of hydrogen-bond donors (Lipinski definition) is 1. The molecule has 0 fully saturated rings. The lowest BCUT2D eigenvalue weighted by atomic mass is 9.96. The third-order valence-electron chi connectivity index (χ3n) is 5.68. The molecular weight excluding hydrogens is 521 g/mol. The lowest BCUT2D eigenvalue weighted by Gasteiger charge is -2.19. The number of aromatic nitrogens is 2. The van der Waals surface area contributed by atoms with E-state index in [1.165, 1.54) is 18.4 Å². The van der Waals surface area contributed by atoms with Crippen LogP contribution in [0.1, 0.15) is 37.6 Å². The first-order valence-corrected chi connectivity index (χ1v) is 12.4. The zero-order chi connectivity index (χ0) is 26.1. The molecule has 36 heavy (non-hydrogen) atoms. The lowest BCUT2D eigenvalue weighted by molar-refractivity contribution is -0.114. The Bertz CT molecular complexity index is 1580. The number of nitrogens with zero attached hydrogens (tertiary/aromatic N) is 2. The van der Waals surface area contributed by atoms with Gasteiger partial charge in [0.15, 0.2) is 5.78 Å². The smallest absolute Gasteiger partial charge is 0.265 e. The van der Waals surface area contributed by atoms with Gasteiger partial charge in [0.05, 0.1) is 16.4 Å². The molecule has 4 aromatic rings. The zero-order valence-electron chi connectivity index (χ0n) is 19.8. The summed E-state index contributed by atoms with van der Waals surface area (Å²) in [5.41, 5.74) is 2.44. The number of anilines is 1. The van der Waals surface area contributed by atoms with Gasteiger partial charge in [-0.15, -0.1) is 0 Å². The Kier molecular flexibility index (Phi) is 7.50. The molecule has 0 aliphatic carbocycles. The number of carbonyl (C=O) groups excluding carboxylic acids is 2. The summed E-state index contributed by atoms with van der Waals surface area (Å²) in [6.07, 6.45) is 0.628. The van der Waals surface area contributed by atoms with Gasteiger partial charge in [-0.3, -0.25) is 19.0 Å². The van der Waals surface area contributed by atoms with E-state index in [1.54, 1.807) is 30.3 Å². The molecule has 0 atom stereocenters. The van der Waals surface area contributed by atoms with Crippen LogP contribution in [-0.2, 0) is 11.3 Å². The maximum Gasteiger partial charge on any atom is 0.265 e. The maximum absolute atomic E-state index is 13.5. The van der Waals surface area contributed by atoms with Crippen molar-refractivity contribution in [2.75, 3.05) is 5.32 Å². The fraction of sp³-hybridized carbons (Fsp3) is 0.185. The fourth-order valence-electron chi connectivity index (χ4n) is 4.17. The molecular formula is C27H22Cl3N3O3. The quantitative estimate of drug-likeness (QED) is 0.260. The molecule has 9 heteroatoms. The average molecular weight is 543 g/mol. The van der Waals surface area contributed by atoms with Crippen LogP contribution in [0.2, 0.25) is 15.1 Å². The number of nitrogens with one attached hydrogen (secondary N) is 1. The number of halogens is 3. The Labute approximate surface area is 222 Å². The van der Waals surface area contributed by atoms with Crippen molar-refractivity contribution in [1.29, 1.82) is 0 Å². The zero-order valence-corrected chi connectivity index (χ0v) is 22.1. The van der Waals surface area contributed by atoms with Gasteiger partial charge in [0.25, 0.3) is 5.56 Å². The van der Waals surface area contributed by atoms with Crippen LogP contribution in [0.4, 0.5) is 5.69 Å². The highest BCUT2D eigenvalue weighted by atomic mass is 35.5. The molecule has 2 heterocycles. The van der Waals surface area contributed by atoms with Crippen molar-refractivity contribution < 1.29 is 9.59 Å². The van der Waals surface area contributed by atoms with Crippen molar-refractivity contribution in [2.24, 2.45) is 0 Å². The Morgan fingerprint density at radius 3 is 2.19 bits per heavy atom. The molecule has 6 nitrogen and oxygen atoms in total. The summed E-state index contributed by atoms with van der Waals surface area (Å²) in [7, 11) is 0. The number of pyridine rings is 2. The average Bonchev–Trinajstić information content (AvgIpc) is 2.81. The molecule has 0 aliphatic heterocycles. The van der Waals surface area contributed by atoms with Crippen LogP contribution in [0.15, 0.2) is 53.3 Å². The second kappa shape index (κ2) is 10.4. The SMILES string of the molecule is CCCn1c(=O)c(C(C)=O)c(NC(C)=O)c2cc(-c3ccc(Cl)cc3)c(-c3ccc(Cl)cc3Cl)nc21. The van der Waals surface area contributed by atoms with E-state index in [0.717, 1.165) is 5.56 Å². The number of ketones is 1. The molecule has 1 amide bonds. The van der Waals surface area contributed by atoms with Crippen molar-refractivity contribution in [3.8, 4) is 22.4 Å². The van der Waals surface area contributed by atoms with Crippen molar-refractivity contribution in [3.05, 3.63) is 79.5 Å². The van der Waals surface area contributed by atoms with E-state index in [1.807, 2.05) is 25.1 Å². The van der Waals surface area contributed by atoms with Crippen LogP contribution in [0.25, 0.3) is 33.4 Å². The van der Waals surface area contributed by atoms with E-state index >= 15 is 0 Å². The summed E-state index contributed by atoms with van der Waals surface area (Å²) in [6, 6.07) is 14.1. The van der Waals surface area contributed by atoms with Gasteiger partial charge in [0.1, 0.15) is 11.2 Å². The summed E-state index contributed by atoms with van der Waals surface area (Å²) < 4.78 is 1.47. The summed E-state index contributed by atoms with van der Waals surface area (Å²) >= 11 is 18.9. The molecule has 0 bridgehead atoms. The second-order valence-corrected chi connectivity index (χ2v) is 9.61. The topological polar surface area (TPSA) is 81.1 Å². The minimum absolute atomic E-state index is 0.0905. The number of carbonyl (C=O) groups is 2. The summed E-state index contributed by atoms with van der Waals surface area (Å²) in [4.78, 5) is 43.1. The largest absolute Gasteiger partial charge is 0.325 e. The highest BCUT2D eigenvalue weighted by Gasteiger charge is 2.24. The molecule has 0 radical (unpaired) electrons. The number of hydrogen-bond acceptors (Lipinski definition) is 4. The molecule has 2 aromatic heterocycles. The number of rotatable bonds is 6. The van der Waals surface area contributed by atoms with Crippen LogP contribution in [-0.4, -0.2) is 21.2 Å². The molecule has 0 saturated heterocycles. The van der Waals surface area contributed by atoms with Crippen molar-refractivity contribution >= 4 is 63.2 Å². The third-order valence-corrected chi connectivity index (χ3v) is 6.48. The van der Waals surface area contributed by atoms with E-state index in [-0.39, 0.29) is 11.3 Å². The lowest BCUT2D eigenvalue weighted by Crippen LogP contribution is -2.29. The van der Waals surface area contributed by atoms with Crippen molar-refractivity contribution in [2.45, 2.75) is 33.7 Å². The first-order chi connectivity index (χ1) is 17.1. The fourth-order valence-corrected chi connectivity index (χ4v) is 4.79. The van der Waals surface area contributed by atoms with Gasteiger partial charge in [-0.05, 0) is 55.3 Å². The molecule has 1 N–H and O–H groups in total. The molecule has 2 aromatic carbocycles. The van der Waals surface area contributed by atoms with Crippen LogP contribution in [0.5, 0.6) is 0 Å². The molecule has 0 aliphatic rings. The molecule has 0 spiro atoms. The number of Topliss-reactive ketones (excluding diaryl/α,β-unsaturated/α-hetero) is 1. The van der Waals surface area contributed by atoms with Crippen molar-refractivity contribution in [1.82, 2.24) is 9.55 Å². The second-order valence-electron chi connectivity index (χ2n) is 8.33. The Balaban J connectivity index is 2.23. The van der Waals surface area contributed by atoms with Crippen LogP contribution in [0.3, 0.4) is 0 Å². The van der Waals surface area contributed by atoms with Gasteiger partial charge in [0.2, 0.25) is 5.91 Å². The van der Waals surface area contributed by atoms with E-state index in [2.05, 4.69) is 5.32 Å². The van der Waals surface area contributed by atoms with Crippen LogP contribution < -0.4 is 10.9 Å². The van der Waals surface area contributed by atoms with Gasteiger partial charge in [-0.25, -0.2) is 4.98 Å². The summed E-state index contributed by atoms with van der Waals surface area (Å²) in [6.45, 7) is 4.88. The highest BCUT2D eigenvalue weighted by Crippen LogP contribution is 2.39. The highest BCUT2D eigenvalue weighted by molar-refractivity contribution is 6.36. The number of benzene rings is 2. The summed E-state index contributed by atoms with van der Waals surface area (Å²) in [5, 5.41) is 4.58. The van der Waals surface area contributed by atoms with E-state index in [0.29, 0.717) is 55.9 Å². The first kappa shape index (κ1) is 25.9. The van der Waals surface area contributed by atoms with E-state index in [9.17, 15) is 14.4 Å². The summed E-state index contributed by atoms with van der Waals surface area (Å²) in [5.74, 6) is -0.863. The van der Waals surface area contributed by atoms with Gasteiger partial charge < -0.3 is 5.32 Å². The number of fused-ring (bicyclic) bond motifs is 1. The predicted octanol–water partition coefficient (Wildman–Crippen LogP) is 7.26. The predicted molar refractivity (Wildman–Crippen MR) is 147 cm³/mol.